The van der Waals surface area contributed by atoms with E-state index in [2.05, 4.69) is 27.3 Å². The SMILES string of the molecule is CC(O)CNc1ccc(Br)cc1C#N. The van der Waals surface area contributed by atoms with Gasteiger partial charge in [0, 0.05) is 11.0 Å². The quantitative estimate of drug-likeness (QED) is 0.869. The van der Waals surface area contributed by atoms with Gasteiger partial charge in [0.1, 0.15) is 6.07 Å². The highest BCUT2D eigenvalue weighted by atomic mass is 79.9. The van der Waals surface area contributed by atoms with Crippen molar-refractivity contribution < 1.29 is 5.11 Å². The zero-order valence-corrected chi connectivity index (χ0v) is 9.37. The molecule has 4 heteroatoms. The first-order chi connectivity index (χ1) is 6.63. The van der Waals surface area contributed by atoms with Crippen LogP contribution in [0.3, 0.4) is 0 Å². The molecule has 1 aromatic rings. The largest absolute Gasteiger partial charge is 0.392 e. The molecule has 1 atom stereocenters. The first kappa shape index (κ1) is 11.0. The van der Waals surface area contributed by atoms with E-state index in [0.29, 0.717) is 12.1 Å². The van der Waals surface area contributed by atoms with Crippen molar-refractivity contribution in [1.82, 2.24) is 0 Å². The van der Waals surface area contributed by atoms with E-state index in [0.717, 1.165) is 10.2 Å². The summed E-state index contributed by atoms with van der Waals surface area (Å²) in [4.78, 5) is 0. The lowest BCUT2D eigenvalue weighted by Crippen LogP contribution is -2.15. The first-order valence-electron chi connectivity index (χ1n) is 4.25. The van der Waals surface area contributed by atoms with Gasteiger partial charge < -0.3 is 10.4 Å². The van der Waals surface area contributed by atoms with Crippen LogP contribution in [-0.2, 0) is 0 Å². The van der Waals surface area contributed by atoms with Crippen LogP contribution < -0.4 is 5.32 Å². The number of nitriles is 1. The van der Waals surface area contributed by atoms with E-state index in [1.165, 1.54) is 0 Å². The van der Waals surface area contributed by atoms with E-state index in [1.807, 2.05) is 12.1 Å². The minimum absolute atomic E-state index is 0.426. The molecule has 0 saturated heterocycles. The predicted octanol–water partition coefficient (Wildman–Crippen LogP) is 2.11. The van der Waals surface area contributed by atoms with E-state index < -0.39 is 6.10 Å². The molecule has 0 bridgehead atoms. The average molecular weight is 255 g/mol. The number of aliphatic hydroxyl groups excluding tert-OH is 1. The van der Waals surface area contributed by atoms with Crippen LogP contribution in [0.4, 0.5) is 5.69 Å². The fraction of sp³-hybridized carbons (Fsp3) is 0.300. The van der Waals surface area contributed by atoms with Crippen LogP contribution in [0, 0.1) is 11.3 Å². The topological polar surface area (TPSA) is 56.0 Å². The molecule has 0 aliphatic carbocycles. The molecule has 14 heavy (non-hydrogen) atoms. The number of halogens is 1. The molecule has 2 N–H and O–H groups in total. The second-order valence-electron chi connectivity index (χ2n) is 3.03. The lowest BCUT2D eigenvalue weighted by atomic mass is 10.2. The van der Waals surface area contributed by atoms with Crippen molar-refractivity contribution in [3.8, 4) is 6.07 Å². The van der Waals surface area contributed by atoms with Gasteiger partial charge in [0.15, 0.2) is 0 Å². The van der Waals surface area contributed by atoms with Crippen LogP contribution in [0.1, 0.15) is 12.5 Å². The zero-order valence-electron chi connectivity index (χ0n) is 7.79. The van der Waals surface area contributed by atoms with Gasteiger partial charge in [-0.3, -0.25) is 0 Å². The van der Waals surface area contributed by atoms with E-state index >= 15 is 0 Å². The number of benzene rings is 1. The number of anilines is 1. The highest BCUT2D eigenvalue weighted by Crippen LogP contribution is 2.19. The Balaban J connectivity index is 2.82. The summed E-state index contributed by atoms with van der Waals surface area (Å²) >= 11 is 3.29. The van der Waals surface area contributed by atoms with Gasteiger partial charge in [0.2, 0.25) is 0 Å². The number of nitrogens with one attached hydrogen (secondary N) is 1. The van der Waals surface area contributed by atoms with E-state index in [1.54, 1.807) is 13.0 Å². The summed E-state index contributed by atoms with van der Waals surface area (Å²) in [6, 6.07) is 7.49. The molecule has 0 aliphatic heterocycles. The van der Waals surface area contributed by atoms with Crippen LogP contribution in [0.5, 0.6) is 0 Å². The Bertz CT molecular complexity index is 358. The summed E-state index contributed by atoms with van der Waals surface area (Å²) in [5.41, 5.74) is 1.32. The van der Waals surface area contributed by atoms with Crippen molar-refractivity contribution in [2.75, 3.05) is 11.9 Å². The summed E-state index contributed by atoms with van der Waals surface area (Å²) < 4.78 is 0.872. The normalized spacial score (nSPS) is 11.9. The van der Waals surface area contributed by atoms with Crippen LogP contribution in [-0.4, -0.2) is 17.8 Å². The lowest BCUT2D eigenvalue weighted by molar-refractivity contribution is 0.208. The molecule has 74 valence electrons. The Morgan fingerprint density at radius 1 is 1.64 bits per heavy atom. The van der Waals surface area contributed by atoms with Gasteiger partial charge in [-0.15, -0.1) is 0 Å². The maximum absolute atomic E-state index is 9.08. The third kappa shape index (κ3) is 3.02. The molecule has 0 amide bonds. The average Bonchev–Trinajstić information content (AvgIpc) is 2.15. The summed E-state index contributed by atoms with van der Waals surface area (Å²) in [6.07, 6.45) is -0.426. The highest BCUT2D eigenvalue weighted by Gasteiger charge is 2.02. The third-order valence-corrected chi connectivity index (χ3v) is 2.18. The molecule has 0 heterocycles. The smallest absolute Gasteiger partial charge is 0.101 e. The number of hydrogen-bond donors (Lipinski definition) is 2. The van der Waals surface area contributed by atoms with Crippen molar-refractivity contribution in [3.05, 3.63) is 28.2 Å². The standard InChI is InChI=1S/C10H11BrN2O/c1-7(14)6-13-10-3-2-9(11)4-8(10)5-12/h2-4,7,13-14H,6H2,1H3. The molecule has 1 aromatic carbocycles. The van der Waals surface area contributed by atoms with E-state index in [-0.39, 0.29) is 0 Å². The van der Waals surface area contributed by atoms with Crippen molar-refractivity contribution in [3.63, 3.8) is 0 Å². The fourth-order valence-corrected chi connectivity index (χ4v) is 1.38. The summed E-state index contributed by atoms with van der Waals surface area (Å²) in [6.45, 7) is 2.13. The molecule has 0 radical (unpaired) electrons. The van der Waals surface area contributed by atoms with Gasteiger partial charge in [-0.05, 0) is 25.1 Å². The Kier molecular flexibility index (Phi) is 3.93. The fourth-order valence-electron chi connectivity index (χ4n) is 1.02. The van der Waals surface area contributed by atoms with Gasteiger partial charge >= 0.3 is 0 Å². The zero-order chi connectivity index (χ0) is 10.6. The van der Waals surface area contributed by atoms with Crippen molar-refractivity contribution >= 4 is 21.6 Å². The van der Waals surface area contributed by atoms with Crippen molar-refractivity contribution in [1.29, 1.82) is 5.26 Å². The van der Waals surface area contributed by atoms with Crippen LogP contribution in [0.2, 0.25) is 0 Å². The molecule has 0 fully saturated rings. The molecule has 0 spiro atoms. The molecular formula is C10H11BrN2O. The maximum Gasteiger partial charge on any atom is 0.101 e. The lowest BCUT2D eigenvalue weighted by Gasteiger charge is -2.09. The maximum atomic E-state index is 9.08. The Morgan fingerprint density at radius 2 is 2.36 bits per heavy atom. The first-order valence-corrected chi connectivity index (χ1v) is 5.04. The summed E-state index contributed by atoms with van der Waals surface area (Å²) in [5, 5.41) is 20.9. The van der Waals surface area contributed by atoms with E-state index in [9.17, 15) is 0 Å². The predicted molar refractivity (Wildman–Crippen MR) is 59.0 cm³/mol. The van der Waals surface area contributed by atoms with E-state index in [4.69, 9.17) is 10.4 Å². The second-order valence-corrected chi connectivity index (χ2v) is 3.95. The summed E-state index contributed by atoms with van der Waals surface area (Å²) in [7, 11) is 0. The molecule has 0 saturated carbocycles. The van der Waals surface area contributed by atoms with Gasteiger partial charge in [-0.1, -0.05) is 15.9 Å². The van der Waals surface area contributed by atoms with Gasteiger partial charge in [0.05, 0.1) is 17.4 Å². The number of rotatable bonds is 3. The van der Waals surface area contributed by atoms with Crippen LogP contribution >= 0.6 is 15.9 Å². The Labute approximate surface area is 91.5 Å². The minimum Gasteiger partial charge on any atom is -0.392 e. The van der Waals surface area contributed by atoms with Gasteiger partial charge in [-0.2, -0.15) is 5.26 Å². The Morgan fingerprint density at radius 3 is 2.93 bits per heavy atom. The molecular weight excluding hydrogens is 244 g/mol. The number of nitrogens with zero attached hydrogens (tertiary/aromatic N) is 1. The van der Waals surface area contributed by atoms with Gasteiger partial charge in [-0.25, -0.2) is 0 Å². The molecule has 0 aliphatic rings. The Hall–Kier alpha value is -1.05. The molecule has 3 nitrogen and oxygen atoms in total. The molecule has 0 aromatic heterocycles. The monoisotopic (exact) mass is 254 g/mol. The number of aliphatic hydroxyl groups is 1. The van der Waals surface area contributed by atoms with Gasteiger partial charge in [0.25, 0.3) is 0 Å². The minimum atomic E-state index is -0.426. The summed E-state index contributed by atoms with van der Waals surface area (Å²) in [5.74, 6) is 0. The highest BCUT2D eigenvalue weighted by molar-refractivity contribution is 9.10. The third-order valence-electron chi connectivity index (χ3n) is 1.69. The molecule has 1 unspecified atom stereocenters. The van der Waals surface area contributed by atoms with Crippen LogP contribution in [0.25, 0.3) is 0 Å². The molecule has 1 rings (SSSR count). The second kappa shape index (κ2) is 4.99. The number of hydrogen-bond acceptors (Lipinski definition) is 3. The van der Waals surface area contributed by atoms with Crippen molar-refractivity contribution in [2.45, 2.75) is 13.0 Å². The van der Waals surface area contributed by atoms with Crippen molar-refractivity contribution in [2.24, 2.45) is 0 Å². The van der Waals surface area contributed by atoms with Crippen LogP contribution in [0.15, 0.2) is 22.7 Å².